The van der Waals surface area contributed by atoms with E-state index in [2.05, 4.69) is 173 Å². The molecule has 2 heterocycles. The zero-order chi connectivity index (χ0) is 37.4. The number of rotatable bonds is 0. The van der Waals surface area contributed by atoms with E-state index in [1.807, 2.05) is 0 Å². The van der Waals surface area contributed by atoms with Gasteiger partial charge in [-0.25, -0.2) is 19.9 Å². The van der Waals surface area contributed by atoms with Crippen LogP contribution in [0, 0.1) is 45.9 Å². The number of fused-ring (bicyclic) bond motifs is 8. The van der Waals surface area contributed by atoms with Gasteiger partial charge in [0.1, 0.15) is 77.1 Å². The molecule has 0 amide bonds. The van der Waals surface area contributed by atoms with Crippen molar-refractivity contribution in [3.05, 3.63) is 70.8 Å². The average Bonchev–Trinajstić information content (AvgIpc) is 3.04. The monoisotopic (exact) mass is 740 g/mol. The molecule has 1 aliphatic rings. The predicted molar refractivity (Wildman–Crippen MR) is 233 cm³/mol. The second-order valence-electron chi connectivity index (χ2n) is 17.8. The van der Waals surface area contributed by atoms with Crippen molar-refractivity contribution in [1.82, 2.24) is 19.9 Å². The second-order valence-corrected chi connectivity index (χ2v) is 36.8. The Morgan fingerprint density at radius 3 is 0.692 bits per heavy atom. The molecular weight excluding hydrogens is 697 g/mol. The lowest BCUT2D eigenvalue weighted by Gasteiger charge is -2.23. The maximum atomic E-state index is 5.37. The van der Waals surface area contributed by atoms with Crippen molar-refractivity contribution in [1.29, 1.82) is 0 Å². The van der Waals surface area contributed by atoms with Gasteiger partial charge in [0, 0.05) is 21.5 Å². The summed E-state index contributed by atoms with van der Waals surface area (Å²) in [5, 5.41) is 4.22. The van der Waals surface area contributed by atoms with Crippen LogP contribution in [-0.2, 0) is 0 Å². The van der Waals surface area contributed by atoms with Crippen molar-refractivity contribution in [3.63, 3.8) is 0 Å². The molecule has 0 aliphatic heterocycles. The highest BCUT2D eigenvalue weighted by atomic mass is 28.3. The zero-order valence-electron chi connectivity index (χ0n) is 32.4. The summed E-state index contributed by atoms with van der Waals surface area (Å²) in [6, 6.07) is 16.8. The van der Waals surface area contributed by atoms with Crippen LogP contribution in [0.1, 0.15) is 22.3 Å². The molecule has 0 bridgehead atoms. The van der Waals surface area contributed by atoms with Crippen molar-refractivity contribution >= 4 is 75.9 Å². The molecule has 0 spiro atoms. The molecule has 256 valence electrons. The van der Waals surface area contributed by atoms with Crippen LogP contribution in [0.5, 0.6) is 0 Å². The summed E-state index contributed by atoms with van der Waals surface area (Å²) < 4.78 is 0. The van der Waals surface area contributed by atoms with Crippen LogP contribution in [-0.4, -0.2) is 52.2 Å². The van der Waals surface area contributed by atoms with Crippen LogP contribution in [0.3, 0.4) is 0 Å². The predicted octanol–water partition coefficient (Wildman–Crippen LogP) is 10.4. The Labute approximate surface area is 312 Å². The molecule has 0 saturated carbocycles. The summed E-state index contributed by atoms with van der Waals surface area (Å²) in [6.45, 7) is 27.2. The fourth-order valence-corrected chi connectivity index (χ4v) is 8.02. The SMILES string of the molecule is C[Si](C)(C)C#Cc1c2ccccc2c(C#C[Si](C)(C)C)c2nc3c(nc12)-c1nc2c(C#C[Si](C)(C)C)c4ccccc4c(C#C[Si](C)(C)C)c2nc1-3. The van der Waals surface area contributed by atoms with E-state index in [-0.39, 0.29) is 0 Å². The van der Waals surface area contributed by atoms with Gasteiger partial charge >= 0.3 is 0 Å². The molecular formula is C44H44N4Si4. The third-order valence-corrected chi connectivity index (χ3v) is 11.9. The van der Waals surface area contributed by atoms with E-state index in [1.165, 1.54) is 0 Å². The van der Waals surface area contributed by atoms with Crippen molar-refractivity contribution in [2.24, 2.45) is 0 Å². The summed E-state index contributed by atoms with van der Waals surface area (Å²) in [5.74, 6) is 14.4. The Bertz CT molecular complexity index is 2400. The van der Waals surface area contributed by atoms with Crippen molar-refractivity contribution in [3.8, 4) is 68.6 Å². The Hall–Kier alpha value is -4.81. The smallest absolute Gasteiger partial charge is 0.129 e. The molecule has 0 saturated heterocycles. The topological polar surface area (TPSA) is 51.6 Å². The Kier molecular flexibility index (Phi) is 8.49. The quantitative estimate of drug-likeness (QED) is 0.0883. The van der Waals surface area contributed by atoms with Gasteiger partial charge in [0.2, 0.25) is 0 Å². The van der Waals surface area contributed by atoms with Gasteiger partial charge in [0.25, 0.3) is 0 Å². The minimum atomic E-state index is -1.71. The lowest BCUT2D eigenvalue weighted by molar-refractivity contribution is 1.15. The molecule has 0 atom stereocenters. The Morgan fingerprint density at radius 1 is 0.327 bits per heavy atom. The summed E-state index contributed by atoms with van der Waals surface area (Å²) in [6.07, 6.45) is 0. The van der Waals surface area contributed by atoms with Crippen molar-refractivity contribution < 1.29 is 0 Å². The number of aromatic nitrogens is 4. The standard InChI is InChI=1S/C44H44N4Si4/c1-49(2,3)25-21-33-29-17-13-14-18-30(29)34(22-26-50(4,5)6)38-37(33)45-41-42(46-38)44-43(41)47-39-35(23-27-51(7,8)9)31-19-15-16-20-32(31)36(40(39)48-44)24-28-52(10,11)12/h13-20H,1-12H3. The third kappa shape index (κ3) is 6.89. The fraction of sp³-hybridized carbons (Fsp3) is 0.273. The minimum Gasteiger partial charge on any atom is -0.241 e. The largest absolute Gasteiger partial charge is 0.241 e. The zero-order valence-corrected chi connectivity index (χ0v) is 36.4. The normalized spacial score (nSPS) is 12.4. The molecule has 2 aromatic heterocycles. The molecule has 1 aliphatic carbocycles. The summed E-state index contributed by atoms with van der Waals surface area (Å²) in [4.78, 5) is 21.5. The van der Waals surface area contributed by atoms with Crippen LogP contribution >= 0.6 is 0 Å². The average molecular weight is 741 g/mol. The number of nitrogens with zero attached hydrogens (tertiary/aromatic N) is 4. The fourth-order valence-electron chi connectivity index (χ4n) is 6.02. The lowest BCUT2D eigenvalue weighted by Crippen LogP contribution is -2.17. The lowest BCUT2D eigenvalue weighted by atomic mass is 9.93. The molecule has 6 aromatic rings. The highest BCUT2D eigenvalue weighted by molar-refractivity contribution is 6.85. The number of hydrogen-bond acceptors (Lipinski definition) is 4. The van der Waals surface area contributed by atoms with Crippen LogP contribution in [0.2, 0.25) is 78.6 Å². The van der Waals surface area contributed by atoms with E-state index in [0.717, 1.165) is 88.6 Å². The third-order valence-electron chi connectivity index (χ3n) is 8.37. The Morgan fingerprint density at radius 2 is 0.519 bits per heavy atom. The molecule has 0 N–H and O–H groups in total. The first-order valence-electron chi connectivity index (χ1n) is 17.9. The van der Waals surface area contributed by atoms with Crippen LogP contribution in [0.25, 0.3) is 66.4 Å². The van der Waals surface area contributed by atoms with Crippen LogP contribution < -0.4 is 0 Å². The first-order chi connectivity index (χ1) is 24.3. The van der Waals surface area contributed by atoms with Gasteiger partial charge in [-0.1, -0.05) is 151 Å². The number of hydrogen-bond donors (Lipinski definition) is 0. The van der Waals surface area contributed by atoms with Crippen LogP contribution in [0.4, 0.5) is 0 Å². The Balaban J connectivity index is 1.61. The van der Waals surface area contributed by atoms with E-state index < -0.39 is 32.3 Å². The van der Waals surface area contributed by atoms with E-state index in [0.29, 0.717) is 0 Å². The maximum Gasteiger partial charge on any atom is 0.129 e. The van der Waals surface area contributed by atoms with E-state index in [4.69, 9.17) is 19.9 Å². The maximum absolute atomic E-state index is 5.37. The minimum absolute atomic E-state index is 0.749. The van der Waals surface area contributed by atoms with Crippen molar-refractivity contribution in [2.75, 3.05) is 0 Å². The van der Waals surface area contributed by atoms with Crippen molar-refractivity contribution in [2.45, 2.75) is 78.6 Å². The molecule has 0 radical (unpaired) electrons. The van der Waals surface area contributed by atoms with Gasteiger partial charge in [-0.05, 0) is 0 Å². The molecule has 0 unspecified atom stereocenters. The van der Waals surface area contributed by atoms with E-state index >= 15 is 0 Å². The molecule has 8 heteroatoms. The molecule has 52 heavy (non-hydrogen) atoms. The van der Waals surface area contributed by atoms with Gasteiger partial charge in [-0.3, -0.25) is 0 Å². The van der Waals surface area contributed by atoms with Gasteiger partial charge in [0.15, 0.2) is 0 Å². The summed E-state index contributed by atoms with van der Waals surface area (Å²) in [5.41, 5.74) is 24.2. The molecule has 4 aromatic carbocycles. The molecule has 0 fully saturated rings. The molecule has 4 nitrogen and oxygen atoms in total. The number of benzene rings is 4. The van der Waals surface area contributed by atoms with Crippen LogP contribution in [0.15, 0.2) is 48.5 Å². The highest BCUT2D eigenvalue weighted by Crippen LogP contribution is 2.46. The summed E-state index contributed by atoms with van der Waals surface area (Å²) in [7, 11) is -6.86. The first kappa shape index (κ1) is 35.6. The second kappa shape index (κ2) is 12.4. The first-order valence-corrected chi connectivity index (χ1v) is 31.9. The van der Waals surface area contributed by atoms with E-state index in [1.54, 1.807) is 0 Å². The van der Waals surface area contributed by atoms with Gasteiger partial charge in [-0.2, -0.15) is 0 Å². The van der Waals surface area contributed by atoms with E-state index in [9.17, 15) is 0 Å². The van der Waals surface area contributed by atoms with Gasteiger partial charge < -0.3 is 0 Å². The highest BCUT2D eigenvalue weighted by Gasteiger charge is 2.33. The summed E-state index contributed by atoms with van der Waals surface area (Å²) >= 11 is 0. The van der Waals surface area contributed by atoms with Gasteiger partial charge in [0.05, 0.1) is 22.3 Å². The van der Waals surface area contributed by atoms with Gasteiger partial charge in [-0.15, -0.1) is 22.2 Å². The molecule has 7 rings (SSSR count).